The van der Waals surface area contributed by atoms with Gasteiger partial charge < -0.3 is 19.5 Å². The van der Waals surface area contributed by atoms with Crippen molar-refractivity contribution in [2.24, 2.45) is 16.9 Å². The molecule has 3 aromatic rings. The molecule has 0 bridgehead atoms. The second-order valence-electron chi connectivity index (χ2n) is 8.57. The highest BCUT2D eigenvalue weighted by Crippen LogP contribution is 2.44. The molecule has 3 aromatic carbocycles. The fraction of sp³-hybridized carbons (Fsp3) is 0.286. The van der Waals surface area contributed by atoms with E-state index in [1.54, 1.807) is 14.2 Å². The number of nitrogens with one attached hydrogen (secondary N) is 2. The molecule has 0 saturated carbocycles. The molecular formula is C28H31N3O3S. The van der Waals surface area contributed by atoms with Gasteiger partial charge in [-0.25, -0.2) is 0 Å². The van der Waals surface area contributed by atoms with Crippen LogP contribution in [0.5, 0.6) is 11.5 Å². The van der Waals surface area contributed by atoms with Gasteiger partial charge in [0.05, 0.1) is 26.4 Å². The summed E-state index contributed by atoms with van der Waals surface area (Å²) >= 11 is 5.49. The van der Waals surface area contributed by atoms with Gasteiger partial charge in [0.1, 0.15) is 11.5 Å². The molecule has 1 saturated heterocycles. The van der Waals surface area contributed by atoms with Crippen LogP contribution in [0.25, 0.3) is 0 Å². The average Bonchev–Trinajstić information content (AvgIpc) is 2.89. The smallest absolute Gasteiger partial charge is 0.191 e. The Morgan fingerprint density at radius 3 is 1.71 bits per heavy atom. The van der Waals surface area contributed by atoms with Crippen molar-refractivity contribution >= 4 is 28.7 Å². The number of hydrogen-bond donors (Lipinski definition) is 2. The van der Waals surface area contributed by atoms with E-state index < -0.39 is 0 Å². The van der Waals surface area contributed by atoms with Crippen LogP contribution in [-0.4, -0.2) is 25.0 Å². The Bertz CT molecular complexity index is 1090. The number of nitrogens with zero attached hydrogens (tertiary/aromatic N) is 1. The van der Waals surface area contributed by atoms with Crippen molar-refractivity contribution in [3.05, 3.63) is 90.0 Å². The third-order valence-electron chi connectivity index (χ3n) is 6.34. The van der Waals surface area contributed by atoms with E-state index in [1.165, 1.54) is 0 Å². The third-order valence-corrected chi connectivity index (χ3v) is 6.53. The van der Waals surface area contributed by atoms with Crippen molar-refractivity contribution in [1.29, 1.82) is 0 Å². The monoisotopic (exact) mass is 489 g/mol. The highest BCUT2D eigenvalue weighted by atomic mass is 32.1. The third kappa shape index (κ3) is 5.81. The van der Waals surface area contributed by atoms with E-state index in [0.717, 1.165) is 34.0 Å². The maximum atomic E-state index is 6.72. The molecule has 6 nitrogen and oxygen atoms in total. The first-order valence-electron chi connectivity index (χ1n) is 11.6. The molecule has 0 amide bonds. The highest BCUT2D eigenvalue weighted by Gasteiger charge is 2.40. The van der Waals surface area contributed by atoms with Crippen LogP contribution in [0.2, 0.25) is 0 Å². The molecule has 4 rings (SSSR count). The zero-order chi connectivity index (χ0) is 24.8. The van der Waals surface area contributed by atoms with E-state index in [9.17, 15) is 0 Å². The Balaban J connectivity index is 1.62. The van der Waals surface area contributed by atoms with Gasteiger partial charge in [0.25, 0.3) is 0 Å². The number of hydrogen-bond acceptors (Lipinski definition) is 5. The summed E-state index contributed by atoms with van der Waals surface area (Å²) < 4.78 is 17.4. The molecule has 1 aliphatic rings. The summed E-state index contributed by atoms with van der Waals surface area (Å²) in [6, 6.07) is 25.8. The van der Waals surface area contributed by atoms with E-state index >= 15 is 0 Å². The van der Waals surface area contributed by atoms with Crippen LogP contribution in [0.3, 0.4) is 0 Å². The molecule has 4 unspecified atom stereocenters. The maximum Gasteiger partial charge on any atom is 0.191 e. The minimum atomic E-state index is -0.180. The maximum absolute atomic E-state index is 6.72. The molecule has 4 atom stereocenters. The predicted molar refractivity (Wildman–Crippen MR) is 144 cm³/mol. The van der Waals surface area contributed by atoms with E-state index in [-0.39, 0.29) is 24.0 Å². The first-order chi connectivity index (χ1) is 17.0. The molecular weight excluding hydrogens is 458 g/mol. The quantitative estimate of drug-likeness (QED) is 0.321. The lowest BCUT2D eigenvalue weighted by atomic mass is 9.79. The second-order valence-corrected chi connectivity index (χ2v) is 8.98. The largest absolute Gasteiger partial charge is 0.497 e. The number of anilines is 1. The molecule has 0 aromatic heterocycles. The Hall–Kier alpha value is -3.42. The van der Waals surface area contributed by atoms with Crippen molar-refractivity contribution < 1.29 is 14.2 Å². The number of thiocarbonyl (C=S) groups is 1. The lowest BCUT2D eigenvalue weighted by Gasteiger charge is -2.40. The summed E-state index contributed by atoms with van der Waals surface area (Å²) in [7, 11) is 3.33. The Labute approximate surface area is 212 Å². The molecule has 182 valence electrons. The highest BCUT2D eigenvalue weighted by molar-refractivity contribution is 7.80. The number of hydrazone groups is 1. The zero-order valence-corrected chi connectivity index (χ0v) is 21.2. The topological polar surface area (TPSA) is 64.1 Å². The van der Waals surface area contributed by atoms with E-state index in [2.05, 4.69) is 24.6 Å². The Kier molecular flexibility index (Phi) is 8.00. The van der Waals surface area contributed by atoms with Gasteiger partial charge in [-0.3, -0.25) is 5.43 Å². The minimum absolute atomic E-state index is 0.0277. The van der Waals surface area contributed by atoms with Crippen LogP contribution in [0.15, 0.2) is 84.0 Å². The average molecular weight is 490 g/mol. The normalized spacial score (nSPS) is 21.7. The van der Waals surface area contributed by atoms with Crippen molar-refractivity contribution in [1.82, 2.24) is 5.43 Å². The van der Waals surface area contributed by atoms with E-state index in [4.69, 9.17) is 31.5 Å². The van der Waals surface area contributed by atoms with Crippen LogP contribution in [0.1, 0.15) is 37.2 Å². The first-order valence-corrected chi connectivity index (χ1v) is 12.0. The number of rotatable bonds is 6. The molecule has 7 heteroatoms. The molecule has 1 heterocycles. The van der Waals surface area contributed by atoms with Gasteiger partial charge in [-0.05, 0) is 59.7 Å². The second kappa shape index (κ2) is 11.3. The zero-order valence-electron chi connectivity index (χ0n) is 20.4. The van der Waals surface area contributed by atoms with Crippen LogP contribution >= 0.6 is 12.2 Å². The minimum Gasteiger partial charge on any atom is -0.497 e. The molecule has 2 N–H and O–H groups in total. The predicted octanol–water partition coefficient (Wildman–Crippen LogP) is 6.13. The number of ether oxygens (including phenoxy) is 3. The molecule has 1 aliphatic heterocycles. The fourth-order valence-corrected chi connectivity index (χ4v) is 4.60. The summed E-state index contributed by atoms with van der Waals surface area (Å²) in [5.74, 6) is 1.68. The molecule has 1 fully saturated rings. The SMILES string of the molecule is COc1ccc(C2OC(c3ccc(OC)cc3)C(C)C(=NNC(=S)Nc3ccccc3)C2C)cc1. The summed E-state index contributed by atoms with van der Waals surface area (Å²) in [5.41, 5.74) is 7.10. The summed E-state index contributed by atoms with van der Waals surface area (Å²) in [5, 5.41) is 8.41. The van der Waals surface area contributed by atoms with Gasteiger partial charge in [-0.15, -0.1) is 0 Å². The number of methoxy groups -OCH3 is 2. The van der Waals surface area contributed by atoms with Crippen molar-refractivity contribution in [3.63, 3.8) is 0 Å². The van der Waals surface area contributed by atoms with Crippen molar-refractivity contribution in [2.45, 2.75) is 26.1 Å². The van der Waals surface area contributed by atoms with Crippen LogP contribution in [-0.2, 0) is 4.74 Å². The van der Waals surface area contributed by atoms with Gasteiger partial charge in [-0.1, -0.05) is 56.3 Å². The van der Waals surface area contributed by atoms with Crippen LogP contribution < -0.4 is 20.2 Å². The molecule has 0 radical (unpaired) electrons. The summed E-state index contributed by atoms with van der Waals surface area (Å²) in [6.45, 7) is 4.29. The standard InChI is InChI=1S/C28H31N3O3S/c1-18-25(30-31-28(35)29-22-8-6-5-7-9-22)19(2)27(21-12-16-24(33-4)17-13-21)34-26(18)20-10-14-23(32-3)15-11-20/h5-19,26-27H,1-4H3,(H2,29,31,35). The fourth-order valence-electron chi connectivity index (χ4n) is 4.44. The Morgan fingerprint density at radius 2 is 1.26 bits per heavy atom. The Morgan fingerprint density at radius 1 is 0.771 bits per heavy atom. The van der Waals surface area contributed by atoms with Gasteiger partial charge in [0.15, 0.2) is 5.11 Å². The van der Waals surface area contributed by atoms with Crippen molar-refractivity contribution in [2.75, 3.05) is 19.5 Å². The lowest BCUT2D eigenvalue weighted by Crippen LogP contribution is -2.40. The lowest BCUT2D eigenvalue weighted by molar-refractivity contribution is -0.0638. The van der Waals surface area contributed by atoms with Gasteiger partial charge in [-0.2, -0.15) is 5.10 Å². The summed E-state index contributed by atoms with van der Waals surface area (Å²) in [4.78, 5) is 0. The van der Waals surface area contributed by atoms with E-state index in [1.807, 2.05) is 78.9 Å². The molecule has 0 spiro atoms. The van der Waals surface area contributed by atoms with Gasteiger partial charge in [0.2, 0.25) is 0 Å². The first kappa shape index (κ1) is 24.7. The van der Waals surface area contributed by atoms with Gasteiger partial charge >= 0.3 is 0 Å². The number of benzene rings is 3. The van der Waals surface area contributed by atoms with Crippen molar-refractivity contribution in [3.8, 4) is 11.5 Å². The van der Waals surface area contributed by atoms with Gasteiger partial charge in [0, 0.05) is 23.2 Å². The molecule has 0 aliphatic carbocycles. The van der Waals surface area contributed by atoms with Crippen LogP contribution in [0, 0.1) is 11.8 Å². The summed E-state index contributed by atoms with van der Waals surface area (Å²) in [6.07, 6.45) is -0.360. The molecule has 35 heavy (non-hydrogen) atoms. The number of para-hydroxylation sites is 1. The van der Waals surface area contributed by atoms with Crippen LogP contribution in [0.4, 0.5) is 5.69 Å². The van der Waals surface area contributed by atoms with E-state index in [0.29, 0.717) is 5.11 Å².